The van der Waals surface area contributed by atoms with Crippen LogP contribution in [-0.4, -0.2) is 27.4 Å². The molecule has 6 heteroatoms. The van der Waals surface area contributed by atoms with E-state index in [1.807, 2.05) is 6.07 Å². The Bertz CT molecular complexity index is 1190. The molecule has 0 spiro atoms. The van der Waals surface area contributed by atoms with Crippen molar-refractivity contribution < 1.29 is 13.2 Å². The third-order valence-electron chi connectivity index (χ3n) is 8.03. The third kappa shape index (κ3) is 8.97. The average Bonchev–Trinajstić information content (AvgIpc) is 2.94. The summed E-state index contributed by atoms with van der Waals surface area (Å²) in [4.78, 5) is 0. The first-order chi connectivity index (χ1) is 18.9. The van der Waals surface area contributed by atoms with E-state index in [1.165, 1.54) is 54.6 Å². The molecule has 0 radical (unpaired) electrons. The van der Waals surface area contributed by atoms with Crippen LogP contribution in [0.5, 0.6) is 0 Å². The van der Waals surface area contributed by atoms with Crippen molar-refractivity contribution in [1.82, 2.24) is 4.57 Å². The Morgan fingerprint density at radius 1 is 0.700 bits per heavy atom. The van der Waals surface area contributed by atoms with Crippen LogP contribution in [0.4, 0.5) is 13.2 Å². The molecule has 0 aliphatic rings. The van der Waals surface area contributed by atoms with Crippen LogP contribution in [-0.2, 0) is 6.18 Å². The van der Waals surface area contributed by atoms with Gasteiger partial charge in [0.1, 0.15) is 0 Å². The van der Waals surface area contributed by atoms with Gasteiger partial charge in [0.2, 0.25) is 0 Å². The highest BCUT2D eigenvalue weighted by Gasteiger charge is 2.33. The number of unbranched alkanes of at least 4 members (excludes halogenated alkanes) is 5. The van der Waals surface area contributed by atoms with Crippen molar-refractivity contribution in [2.75, 3.05) is 6.54 Å². The van der Waals surface area contributed by atoms with Gasteiger partial charge in [-0.1, -0.05) is 130 Å². The minimum absolute atomic E-state index is 0.599. The zero-order valence-electron chi connectivity index (χ0n) is 24.9. The van der Waals surface area contributed by atoms with Gasteiger partial charge in [0.05, 0.1) is 13.6 Å². The molecule has 40 heavy (non-hydrogen) atoms. The minimum Gasteiger partial charge on any atom is -0.399 e. The maximum absolute atomic E-state index is 13.4. The van der Waals surface area contributed by atoms with E-state index in [4.69, 9.17) is 0 Å². The highest BCUT2D eigenvalue weighted by Crippen LogP contribution is 2.33. The largest absolute Gasteiger partial charge is 0.416 e. The molecule has 3 rings (SSSR count). The fraction of sp³-hybridized carbons (Fsp3) is 0.412. The number of rotatable bonds is 14. The van der Waals surface area contributed by atoms with Crippen molar-refractivity contribution >= 4 is 32.3 Å². The van der Waals surface area contributed by atoms with E-state index in [2.05, 4.69) is 98.5 Å². The van der Waals surface area contributed by atoms with Gasteiger partial charge in [0.15, 0.2) is 8.24 Å². The van der Waals surface area contributed by atoms with E-state index in [9.17, 15) is 13.2 Å². The Morgan fingerprint density at radius 3 is 1.77 bits per heavy atom. The lowest BCUT2D eigenvalue weighted by Crippen LogP contribution is -2.56. The second kappa shape index (κ2) is 14.4. The number of hydrogen-bond donors (Lipinski definition) is 0. The number of allylic oxidation sites excluding steroid dienone is 1. The maximum atomic E-state index is 13.4. The summed E-state index contributed by atoms with van der Waals surface area (Å²) in [6, 6.07) is 28.0. The molecule has 0 atom stereocenters. The monoisotopic (exact) mass is 581 g/mol. The van der Waals surface area contributed by atoms with Crippen LogP contribution in [0.1, 0.15) is 56.6 Å². The molecule has 0 N–H and O–H groups in total. The molecule has 0 heterocycles. The second-order valence-electron chi connectivity index (χ2n) is 12.0. The van der Waals surface area contributed by atoms with Crippen molar-refractivity contribution in [1.29, 1.82) is 0 Å². The number of hydrogen-bond acceptors (Lipinski definition) is 1. The Hall–Kier alpha value is -2.58. The van der Waals surface area contributed by atoms with E-state index in [0.29, 0.717) is 0 Å². The maximum Gasteiger partial charge on any atom is 0.416 e. The molecule has 1 nitrogen and oxygen atoms in total. The van der Waals surface area contributed by atoms with Crippen molar-refractivity contribution in [3.05, 3.63) is 102 Å². The molecule has 3 aromatic rings. The van der Waals surface area contributed by atoms with Crippen LogP contribution in [0.2, 0.25) is 32.2 Å². The molecule has 0 bridgehead atoms. The van der Waals surface area contributed by atoms with Gasteiger partial charge in [-0.3, -0.25) is 0 Å². The molecule has 0 fully saturated rings. The molecule has 0 saturated heterocycles. The lowest BCUT2D eigenvalue weighted by Gasteiger charge is -2.38. The standard InChI is InChI=1S/C34H46F3NSi2/c1-6-7-8-9-10-17-26-38(40(4,5)33-20-15-12-16-21-33)27-30(28-39(2,3)32-18-13-11-14-19-32)29-22-24-31(25-23-29)34(35,36)37/h11-16,18-25,27H,6-10,17,26,28H2,1-5H3/b30-27-. The summed E-state index contributed by atoms with van der Waals surface area (Å²) in [5, 5.41) is 2.72. The van der Waals surface area contributed by atoms with E-state index >= 15 is 0 Å². The molecule has 0 saturated carbocycles. The van der Waals surface area contributed by atoms with Crippen molar-refractivity contribution in [2.24, 2.45) is 0 Å². The Morgan fingerprint density at radius 2 is 1.23 bits per heavy atom. The zero-order valence-corrected chi connectivity index (χ0v) is 26.9. The van der Waals surface area contributed by atoms with Gasteiger partial charge in [-0.05, 0) is 60.2 Å². The summed E-state index contributed by atoms with van der Waals surface area (Å²) < 4.78 is 42.8. The van der Waals surface area contributed by atoms with E-state index in [-0.39, 0.29) is 0 Å². The van der Waals surface area contributed by atoms with Gasteiger partial charge in [0, 0.05) is 6.54 Å². The summed E-state index contributed by atoms with van der Waals surface area (Å²) in [6.45, 7) is 12.7. The first kappa shape index (κ1) is 31.9. The molecular formula is C34H46F3NSi2. The molecule has 0 aliphatic heterocycles. The first-order valence-corrected chi connectivity index (χ1v) is 20.9. The predicted molar refractivity (Wildman–Crippen MR) is 171 cm³/mol. The molecule has 0 aliphatic carbocycles. The molecule has 3 aromatic carbocycles. The number of alkyl halides is 3. The summed E-state index contributed by atoms with van der Waals surface area (Å²) in [5.74, 6) is 0. The van der Waals surface area contributed by atoms with Crippen LogP contribution >= 0.6 is 0 Å². The minimum atomic E-state index is -4.34. The lowest BCUT2D eigenvalue weighted by atomic mass is 10.1. The molecule has 0 aromatic heterocycles. The van der Waals surface area contributed by atoms with Crippen molar-refractivity contribution in [3.63, 3.8) is 0 Å². The van der Waals surface area contributed by atoms with Gasteiger partial charge in [0.25, 0.3) is 0 Å². The SMILES string of the molecule is CCCCCCCCN(/C=C(/C[Si](C)(C)c1ccccc1)c1ccc(C(F)(F)F)cc1)[Si](C)(C)c1ccccc1. The average molecular weight is 582 g/mol. The van der Waals surface area contributed by atoms with Crippen molar-refractivity contribution in [3.8, 4) is 0 Å². The van der Waals surface area contributed by atoms with Crippen LogP contribution in [0.15, 0.2) is 91.1 Å². The lowest BCUT2D eigenvalue weighted by molar-refractivity contribution is -0.137. The second-order valence-corrected chi connectivity index (χ2v) is 21.0. The van der Waals surface area contributed by atoms with E-state index in [0.717, 1.165) is 30.1 Å². The smallest absolute Gasteiger partial charge is 0.399 e. The number of benzene rings is 3. The summed E-state index contributed by atoms with van der Waals surface area (Å²) in [7, 11) is -4.02. The summed E-state index contributed by atoms with van der Waals surface area (Å²) in [5.41, 5.74) is 1.42. The fourth-order valence-corrected chi connectivity index (χ4v) is 10.4. The van der Waals surface area contributed by atoms with Gasteiger partial charge in [-0.15, -0.1) is 0 Å². The number of nitrogens with zero attached hydrogens (tertiary/aromatic N) is 1. The predicted octanol–water partition coefficient (Wildman–Crippen LogP) is 9.44. The van der Waals surface area contributed by atoms with Gasteiger partial charge >= 0.3 is 6.18 Å². The Labute approximate surface area is 242 Å². The third-order valence-corrected chi connectivity index (χ3v) is 14.7. The van der Waals surface area contributed by atoms with Crippen LogP contribution in [0.25, 0.3) is 5.57 Å². The highest BCUT2D eigenvalue weighted by molar-refractivity contribution is 6.91. The Kier molecular flexibility index (Phi) is 11.5. The molecular weight excluding hydrogens is 536 g/mol. The Balaban J connectivity index is 2.04. The van der Waals surface area contributed by atoms with Gasteiger partial charge < -0.3 is 4.57 Å². The number of halogens is 3. The topological polar surface area (TPSA) is 3.24 Å². The quantitative estimate of drug-likeness (QED) is 0.135. The van der Waals surface area contributed by atoms with Gasteiger partial charge in [-0.2, -0.15) is 13.2 Å². The normalized spacial score (nSPS) is 12.9. The highest BCUT2D eigenvalue weighted by atomic mass is 28.3. The summed E-state index contributed by atoms with van der Waals surface area (Å²) in [6.07, 6.45) is 5.34. The first-order valence-electron chi connectivity index (χ1n) is 14.7. The summed E-state index contributed by atoms with van der Waals surface area (Å²) >= 11 is 0. The zero-order chi connectivity index (χ0) is 29.2. The van der Waals surface area contributed by atoms with Crippen LogP contribution < -0.4 is 10.4 Å². The van der Waals surface area contributed by atoms with Crippen LogP contribution in [0, 0.1) is 0 Å². The molecule has 0 unspecified atom stereocenters. The molecule has 0 amide bonds. The van der Waals surface area contributed by atoms with E-state index in [1.54, 1.807) is 12.1 Å². The van der Waals surface area contributed by atoms with E-state index < -0.39 is 28.0 Å². The van der Waals surface area contributed by atoms with Gasteiger partial charge in [-0.25, -0.2) is 0 Å². The fourth-order valence-electron chi connectivity index (χ4n) is 5.33. The molecule has 216 valence electrons. The van der Waals surface area contributed by atoms with Crippen LogP contribution in [0.3, 0.4) is 0 Å². The van der Waals surface area contributed by atoms with Crippen molar-refractivity contribution in [2.45, 2.75) is 83.9 Å².